The van der Waals surface area contributed by atoms with Gasteiger partial charge in [-0.25, -0.2) is 5.43 Å². The second-order valence-corrected chi connectivity index (χ2v) is 4.56. The zero-order valence-electron chi connectivity index (χ0n) is 12.6. The molecule has 2 aromatic carbocycles. The number of hydrazone groups is 1. The summed E-state index contributed by atoms with van der Waals surface area (Å²) < 4.78 is 10.4. The highest BCUT2D eigenvalue weighted by molar-refractivity contribution is 5.86. The van der Waals surface area contributed by atoms with Crippen LogP contribution in [0.3, 0.4) is 0 Å². The molecule has 2 aromatic rings. The molecule has 22 heavy (non-hydrogen) atoms. The summed E-state index contributed by atoms with van der Waals surface area (Å²) in [6.07, 6.45) is 1.83. The van der Waals surface area contributed by atoms with Gasteiger partial charge in [-0.05, 0) is 17.7 Å². The van der Waals surface area contributed by atoms with Gasteiger partial charge in [-0.3, -0.25) is 4.79 Å². The number of benzene rings is 2. The van der Waals surface area contributed by atoms with Gasteiger partial charge in [0.15, 0.2) is 0 Å². The molecule has 5 heteroatoms. The summed E-state index contributed by atoms with van der Waals surface area (Å²) >= 11 is 0. The molecule has 0 spiro atoms. The van der Waals surface area contributed by atoms with Gasteiger partial charge in [0.1, 0.15) is 11.5 Å². The van der Waals surface area contributed by atoms with Crippen molar-refractivity contribution in [2.45, 2.75) is 6.42 Å². The van der Waals surface area contributed by atoms with E-state index in [4.69, 9.17) is 9.47 Å². The minimum atomic E-state index is -0.171. The van der Waals surface area contributed by atoms with E-state index in [9.17, 15) is 4.79 Å². The molecule has 0 saturated carbocycles. The van der Waals surface area contributed by atoms with Crippen LogP contribution in [0.5, 0.6) is 11.5 Å². The number of methoxy groups -OCH3 is 2. The molecule has 0 radical (unpaired) electrons. The maximum Gasteiger partial charge on any atom is 0.244 e. The van der Waals surface area contributed by atoms with Crippen molar-refractivity contribution in [3.05, 3.63) is 59.7 Å². The summed E-state index contributed by atoms with van der Waals surface area (Å²) in [4.78, 5) is 11.8. The Morgan fingerprint density at radius 3 is 2.59 bits per heavy atom. The molecule has 0 aliphatic carbocycles. The summed E-state index contributed by atoms with van der Waals surface area (Å²) in [6.45, 7) is 0. The average Bonchev–Trinajstić information content (AvgIpc) is 2.56. The highest BCUT2D eigenvalue weighted by atomic mass is 16.5. The number of amides is 1. The van der Waals surface area contributed by atoms with Crippen LogP contribution < -0.4 is 14.9 Å². The zero-order valence-corrected chi connectivity index (χ0v) is 12.6. The molecule has 0 atom stereocenters. The van der Waals surface area contributed by atoms with Crippen molar-refractivity contribution in [2.75, 3.05) is 14.2 Å². The molecular weight excluding hydrogens is 280 g/mol. The Morgan fingerprint density at radius 1 is 1.14 bits per heavy atom. The fraction of sp³-hybridized carbons (Fsp3) is 0.176. The minimum Gasteiger partial charge on any atom is -0.497 e. The number of carbonyl (C=O) groups excluding carboxylic acids is 1. The Balaban J connectivity index is 1.96. The molecule has 0 bridgehead atoms. The Hall–Kier alpha value is -2.82. The third-order valence-electron chi connectivity index (χ3n) is 3.04. The van der Waals surface area contributed by atoms with Crippen LogP contribution in [0, 0.1) is 0 Å². The fourth-order valence-corrected chi connectivity index (χ4v) is 1.92. The van der Waals surface area contributed by atoms with Crippen LogP contribution in [-0.4, -0.2) is 26.3 Å². The maximum absolute atomic E-state index is 11.8. The zero-order chi connectivity index (χ0) is 15.8. The SMILES string of the molecule is COc1ccc(/C=N/NC(=O)Cc2ccccc2)c(OC)c1. The molecule has 0 saturated heterocycles. The third kappa shape index (κ3) is 4.34. The monoisotopic (exact) mass is 298 g/mol. The Morgan fingerprint density at radius 2 is 1.91 bits per heavy atom. The summed E-state index contributed by atoms with van der Waals surface area (Å²) in [6, 6.07) is 14.9. The highest BCUT2D eigenvalue weighted by Crippen LogP contribution is 2.22. The van der Waals surface area contributed by atoms with Gasteiger partial charge in [0.2, 0.25) is 5.91 Å². The van der Waals surface area contributed by atoms with Gasteiger partial charge in [-0.15, -0.1) is 0 Å². The van der Waals surface area contributed by atoms with E-state index in [1.165, 1.54) is 0 Å². The van der Waals surface area contributed by atoms with E-state index >= 15 is 0 Å². The Bertz CT molecular complexity index is 654. The molecule has 1 N–H and O–H groups in total. The third-order valence-corrected chi connectivity index (χ3v) is 3.04. The first-order valence-corrected chi connectivity index (χ1v) is 6.81. The quantitative estimate of drug-likeness (QED) is 0.658. The fourth-order valence-electron chi connectivity index (χ4n) is 1.92. The number of hydrogen-bond donors (Lipinski definition) is 1. The van der Waals surface area contributed by atoms with Crippen LogP contribution in [0.25, 0.3) is 0 Å². The van der Waals surface area contributed by atoms with E-state index < -0.39 is 0 Å². The molecule has 0 aliphatic rings. The summed E-state index contributed by atoms with van der Waals surface area (Å²) in [5.74, 6) is 1.15. The van der Waals surface area contributed by atoms with E-state index in [1.54, 1.807) is 32.6 Å². The van der Waals surface area contributed by atoms with Crippen molar-refractivity contribution in [3.63, 3.8) is 0 Å². The molecule has 0 aromatic heterocycles. The molecule has 0 aliphatic heterocycles. The van der Waals surface area contributed by atoms with E-state index in [0.717, 1.165) is 11.1 Å². The van der Waals surface area contributed by atoms with Crippen molar-refractivity contribution in [3.8, 4) is 11.5 Å². The number of carbonyl (C=O) groups is 1. The van der Waals surface area contributed by atoms with Crippen LogP contribution in [0.4, 0.5) is 0 Å². The molecule has 0 fully saturated rings. The van der Waals surface area contributed by atoms with Crippen molar-refractivity contribution in [2.24, 2.45) is 5.10 Å². The lowest BCUT2D eigenvalue weighted by Crippen LogP contribution is -2.19. The molecular formula is C17H18N2O3. The molecule has 0 heterocycles. The second kappa shape index (κ2) is 7.83. The first-order chi connectivity index (χ1) is 10.7. The van der Waals surface area contributed by atoms with Crippen LogP contribution in [0.1, 0.15) is 11.1 Å². The first-order valence-electron chi connectivity index (χ1n) is 6.81. The first kappa shape index (κ1) is 15.6. The van der Waals surface area contributed by atoms with Crippen molar-refractivity contribution in [1.29, 1.82) is 0 Å². The molecule has 114 valence electrons. The minimum absolute atomic E-state index is 0.171. The van der Waals surface area contributed by atoms with Gasteiger partial charge in [0.25, 0.3) is 0 Å². The topological polar surface area (TPSA) is 59.9 Å². The van der Waals surface area contributed by atoms with Gasteiger partial charge in [-0.2, -0.15) is 5.10 Å². The summed E-state index contributed by atoms with van der Waals surface area (Å²) in [5.41, 5.74) is 4.20. The normalized spacial score (nSPS) is 10.5. The Labute approximate surface area is 129 Å². The molecule has 1 amide bonds. The largest absolute Gasteiger partial charge is 0.497 e. The number of ether oxygens (including phenoxy) is 2. The summed E-state index contributed by atoms with van der Waals surface area (Å²) in [7, 11) is 3.16. The Kier molecular flexibility index (Phi) is 5.54. The van der Waals surface area contributed by atoms with Gasteiger partial charge in [-0.1, -0.05) is 30.3 Å². The van der Waals surface area contributed by atoms with E-state index in [2.05, 4.69) is 10.5 Å². The van der Waals surface area contributed by atoms with E-state index in [-0.39, 0.29) is 12.3 Å². The van der Waals surface area contributed by atoms with Crippen molar-refractivity contribution < 1.29 is 14.3 Å². The van der Waals surface area contributed by atoms with Gasteiger partial charge < -0.3 is 9.47 Å². The number of nitrogens with zero attached hydrogens (tertiary/aromatic N) is 1. The lowest BCUT2D eigenvalue weighted by Gasteiger charge is -2.07. The van der Waals surface area contributed by atoms with Crippen molar-refractivity contribution in [1.82, 2.24) is 5.43 Å². The van der Waals surface area contributed by atoms with Crippen LogP contribution >= 0.6 is 0 Å². The smallest absolute Gasteiger partial charge is 0.244 e. The standard InChI is InChI=1S/C17H18N2O3/c1-21-15-9-8-14(16(11-15)22-2)12-18-19-17(20)10-13-6-4-3-5-7-13/h3-9,11-12H,10H2,1-2H3,(H,19,20)/b18-12+. The highest BCUT2D eigenvalue weighted by Gasteiger charge is 2.04. The second-order valence-electron chi connectivity index (χ2n) is 4.56. The maximum atomic E-state index is 11.8. The van der Waals surface area contributed by atoms with Crippen LogP contribution in [0.2, 0.25) is 0 Å². The van der Waals surface area contributed by atoms with Gasteiger partial charge in [0, 0.05) is 11.6 Å². The molecule has 5 nitrogen and oxygen atoms in total. The molecule has 0 unspecified atom stereocenters. The predicted molar refractivity (Wildman–Crippen MR) is 85.4 cm³/mol. The van der Waals surface area contributed by atoms with E-state index in [1.807, 2.05) is 36.4 Å². The van der Waals surface area contributed by atoms with Gasteiger partial charge in [0.05, 0.1) is 26.9 Å². The van der Waals surface area contributed by atoms with Crippen LogP contribution in [-0.2, 0) is 11.2 Å². The number of hydrogen-bond acceptors (Lipinski definition) is 4. The van der Waals surface area contributed by atoms with E-state index in [0.29, 0.717) is 11.5 Å². The van der Waals surface area contributed by atoms with Crippen molar-refractivity contribution >= 4 is 12.1 Å². The lowest BCUT2D eigenvalue weighted by atomic mass is 10.1. The molecule has 2 rings (SSSR count). The number of nitrogens with one attached hydrogen (secondary N) is 1. The predicted octanol–water partition coefficient (Wildman–Crippen LogP) is 2.40. The average molecular weight is 298 g/mol. The number of rotatable bonds is 6. The lowest BCUT2D eigenvalue weighted by molar-refractivity contribution is -0.120. The summed E-state index contributed by atoms with van der Waals surface area (Å²) in [5, 5.41) is 3.96. The van der Waals surface area contributed by atoms with Crippen LogP contribution in [0.15, 0.2) is 53.6 Å². The van der Waals surface area contributed by atoms with Gasteiger partial charge >= 0.3 is 0 Å².